The van der Waals surface area contributed by atoms with Crippen LogP contribution < -0.4 is 5.73 Å². The highest BCUT2D eigenvalue weighted by Gasteiger charge is 2.51. The summed E-state index contributed by atoms with van der Waals surface area (Å²) in [6.45, 7) is 0.0919. The predicted octanol–water partition coefficient (Wildman–Crippen LogP) is 0.644. The minimum absolute atomic E-state index is 0.0919. The van der Waals surface area contributed by atoms with Crippen molar-refractivity contribution < 1.29 is 9.90 Å². The number of hydrogen-bond acceptors (Lipinski definition) is 5. The molecule has 1 aromatic heterocycles. The third-order valence-electron chi connectivity index (χ3n) is 4.16. The van der Waals surface area contributed by atoms with E-state index in [1.54, 1.807) is 4.68 Å². The number of tetrazole rings is 1. The molecule has 0 saturated heterocycles. The van der Waals surface area contributed by atoms with Crippen LogP contribution in [0.4, 0.5) is 0 Å². The lowest BCUT2D eigenvalue weighted by Crippen LogP contribution is -2.43. The average molecular weight is 287 g/mol. The number of para-hydroxylation sites is 1. The van der Waals surface area contributed by atoms with Gasteiger partial charge in [-0.25, -0.2) is 0 Å². The highest BCUT2D eigenvalue weighted by molar-refractivity contribution is 5.76. The molecule has 0 amide bonds. The maximum atomic E-state index is 11.8. The van der Waals surface area contributed by atoms with Gasteiger partial charge in [0.2, 0.25) is 0 Å². The highest BCUT2D eigenvalue weighted by Crippen LogP contribution is 2.47. The molecule has 0 radical (unpaired) electrons. The fourth-order valence-electron chi connectivity index (χ4n) is 2.72. The highest BCUT2D eigenvalue weighted by atomic mass is 16.4. The van der Waals surface area contributed by atoms with Crippen molar-refractivity contribution in [3.63, 3.8) is 0 Å². The van der Waals surface area contributed by atoms with E-state index in [0.717, 1.165) is 18.5 Å². The zero-order valence-electron chi connectivity index (χ0n) is 11.5. The third-order valence-corrected chi connectivity index (χ3v) is 4.16. The zero-order chi connectivity index (χ0) is 14.9. The number of aliphatic carboxylic acids is 1. The largest absolute Gasteiger partial charge is 0.481 e. The van der Waals surface area contributed by atoms with Gasteiger partial charge in [-0.1, -0.05) is 18.2 Å². The van der Waals surface area contributed by atoms with Crippen LogP contribution in [0.15, 0.2) is 30.3 Å². The first-order valence-corrected chi connectivity index (χ1v) is 6.93. The summed E-state index contributed by atoms with van der Waals surface area (Å²) in [5, 5.41) is 21.3. The van der Waals surface area contributed by atoms with Gasteiger partial charge in [0.25, 0.3) is 0 Å². The molecule has 3 N–H and O–H groups in total. The summed E-state index contributed by atoms with van der Waals surface area (Å²) in [5.41, 5.74) is 5.64. The topological polar surface area (TPSA) is 107 Å². The standard InChI is InChI=1S/C14H17N5O2/c15-9-14(13(20)21,10-6-7-10)8-12-16-17-18-19(12)11-4-2-1-3-5-11/h1-5,10H,6-9,15H2,(H,20,21). The van der Waals surface area contributed by atoms with Gasteiger partial charge in [0.1, 0.15) is 0 Å². The lowest BCUT2D eigenvalue weighted by Gasteiger charge is -2.27. The van der Waals surface area contributed by atoms with E-state index >= 15 is 0 Å². The van der Waals surface area contributed by atoms with Gasteiger partial charge in [-0.2, -0.15) is 4.68 Å². The molecule has 0 bridgehead atoms. The van der Waals surface area contributed by atoms with Gasteiger partial charge in [-0.3, -0.25) is 4.79 Å². The fourth-order valence-corrected chi connectivity index (χ4v) is 2.72. The number of hydrogen-bond donors (Lipinski definition) is 2. The first-order valence-electron chi connectivity index (χ1n) is 6.93. The summed E-state index contributed by atoms with van der Waals surface area (Å²) in [6, 6.07) is 9.42. The molecular formula is C14H17N5O2. The molecule has 1 aromatic carbocycles. The Bertz CT molecular complexity index is 638. The van der Waals surface area contributed by atoms with Gasteiger partial charge in [0, 0.05) is 13.0 Å². The van der Waals surface area contributed by atoms with Crippen LogP contribution in [-0.2, 0) is 11.2 Å². The smallest absolute Gasteiger partial charge is 0.311 e. The van der Waals surface area contributed by atoms with Crippen LogP contribution >= 0.6 is 0 Å². The molecule has 0 aliphatic heterocycles. The summed E-state index contributed by atoms with van der Waals surface area (Å²) in [4.78, 5) is 11.8. The zero-order valence-corrected chi connectivity index (χ0v) is 11.5. The van der Waals surface area contributed by atoms with E-state index in [1.165, 1.54) is 0 Å². The third kappa shape index (κ3) is 2.40. The van der Waals surface area contributed by atoms with Crippen LogP contribution in [0.1, 0.15) is 18.7 Å². The summed E-state index contributed by atoms with van der Waals surface area (Å²) >= 11 is 0. The fraction of sp³-hybridized carbons (Fsp3) is 0.429. The number of aromatic nitrogens is 4. The van der Waals surface area contributed by atoms with E-state index in [0.29, 0.717) is 5.82 Å². The van der Waals surface area contributed by atoms with Crippen LogP contribution in [0, 0.1) is 11.3 Å². The monoisotopic (exact) mass is 287 g/mol. The molecule has 110 valence electrons. The first-order chi connectivity index (χ1) is 10.2. The van der Waals surface area contributed by atoms with Crippen molar-refractivity contribution in [1.82, 2.24) is 20.2 Å². The Hall–Kier alpha value is -2.28. The van der Waals surface area contributed by atoms with Gasteiger partial charge >= 0.3 is 5.97 Å². The second-order valence-corrected chi connectivity index (χ2v) is 5.46. The van der Waals surface area contributed by atoms with Gasteiger partial charge in [0.15, 0.2) is 5.82 Å². The minimum Gasteiger partial charge on any atom is -0.481 e. The number of carbonyl (C=O) groups is 1. The summed E-state index contributed by atoms with van der Waals surface area (Å²) < 4.78 is 1.58. The molecule has 1 unspecified atom stereocenters. The Morgan fingerprint density at radius 1 is 1.38 bits per heavy atom. The maximum Gasteiger partial charge on any atom is 0.311 e. The van der Waals surface area contributed by atoms with Crippen LogP contribution in [0.3, 0.4) is 0 Å². The van der Waals surface area contributed by atoms with E-state index in [1.807, 2.05) is 30.3 Å². The molecule has 21 heavy (non-hydrogen) atoms. The van der Waals surface area contributed by atoms with E-state index in [4.69, 9.17) is 5.73 Å². The molecule has 7 nitrogen and oxygen atoms in total. The van der Waals surface area contributed by atoms with Gasteiger partial charge < -0.3 is 10.8 Å². The Balaban J connectivity index is 1.95. The second kappa shape index (κ2) is 5.25. The Morgan fingerprint density at radius 2 is 2.10 bits per heavy atom. The van der Waals surface area contributed by atoms with Crippen LogP contribution in [-0.4, -0.2) is 37.8 Å². The average Bonchev–Trinajstić information content (AvgIpc) is 3.25. The van der Waals surface area contributed by atoms with Crippen LogP contribution in [0.5, 0.6) is 0 Å². The van der Waals surface area contributed by atoms with E-state index in [-0.39, 0.29) is 18.9 Å². The molecule has 0 spiro atoms. The number of nitrogens with two attached hydrogens (primary N) is 1. The Morgan fingerprint density at radius 3 is 2.67 bits per heavy atom. The molecular weight excluding hydrogens is 270 g/mol. The summed E-state index contributed by atoms with van der Waals surface area (Å²) in [6.07, 6.45) is 2.04. The Kier molecular flexibility index (Phi) is 3.42. The number of benzene rings is 1. The SMILES string of the molecule is NCC(Cc1nnnn1-c1ccccc1)(C(=O)O)C1CC1. The minimum atomic E-state index is -0.971. The Labute approximate surface area is 121 Å². The van der Waals surface area contributed by atoms with E-state index in [2.05, 4.69) is 15.5 Å². The van der Waals surface area contributed by atoms with Crippen molar-refractivity contribution in [2.45, 2.75) is 19.3 Å². The van der Waals surface area contributed by atoms with E-state index in [9.17, 15) is 9.90 Å². The second-order valence-electron chi connectivity index (χ2n) is 5.46. The first kappa shape index (κ1) is 13.7. The number of rotatable bonds is 6. The van der Waals surface area contributed by atoms with Crippen LogP contribution in [0.25, 0.3) is 5.69 Å². The van der Waals surface area contributed by atoms with Crippen LogP contribution in [0.2, 0.25) is 0 Å². The molecule has 1 fully saturated rings. The number of carboxylic acids is 1. The van der Waals surface area contributed by atoms with Gasteiger partial charge in [-0.05, 0) is 41.3 Å². The van der Waals surface area contributed by atoms with Crippen molar-refractivity contribution in [3.05, 3.63) is 36.2 Å². The molecule has 1 aliphatic carbocycles. The lowest BCUT2D eigenvalue weighted by molar-refractivity contribution is -0.149. The molecule has 1 heterocycles. The number of carboxylic acid groups (broad SMARTS) is 1. The summed E-state index contributed by atoms with van der Waals surface area (Å²) in [5.74, 6) is -0.225. The van der Waals surface area contributed by atoms with Gasteiger partial charge in [-0.15, -0.1) is 5.10 Å². The lowest BCUT2D eigenvalue weighted by atomic mass is 9.79. The van der Waals surface area contributed by atoms with Crippen molar-refractivity contribution >= 4 is 5.97 Å². The normalized spacial score (nSPS) is 17.4. The van der Waals surface area contributed by atoms with Crippen molar-refractivity contribution in [2.24, 2.45) is 17.1 Å². The molecule has 2 aromatic rings. The molecule has 1 saturated carbocycles. The molecule has 3 rings (SSSR count). The molecule has 7 heteroatoms. The predicted molar refractivity (Wildman–Crippen MR) is 74.7 cm³/mol. The quantitative estimate of drug-likeness (QED) is 0.807. The van der Waals surface area contributed by atoms with Crippen molar-refractivity contribution in [2.75, 3.05) is 6.54 Å². The van der Waals surface area contributed by atoms with Crippen molar-refractivity contribution in [3.8, 4) is 5.69 Å². The number of nitrogens with zero attached hydrogens (tertiary/aromatic N) is 4. The van der Waals surface area contributed by atoms with Crippen molar-refractivity contribution in [1.29, 1.82) is 0 Å². The van der Waals surface area contributed by atoms with Gasteiger partial charge in [0.05, 0.1) is 11.1 Å². The van der Waals surface area contributed by atoms with E-state index < -0.39 is 11.4 Å². The maximum absolute atomic E-state index is 11.8. The summed E-state index contributed by atoms with van der Waals surface area (Å²) in [7, 11) is 0. The molecule has 1 aliphatic rings. The molecule has 1 atom stereocenters.